The first-order valence-electron chi connectivity index (χ1n) is 7.99. The van der Waals surface area contributed by atoms with Gasteiger partial charge < -0.3 is 5.73 Å². The lowest BCUT2D eigenvalue weighted by Gasteiger charge is -2.61. The summed E-state index contributed by atoms with van der Waals surface area (Å²) in [5, 5.41) is 0. The van der Waals surface area contributed by atoms with Gasteiger partial charge in [0.1, 0.15) is 0 Å². The molecule has 0 spiro atoms. The minimum absolute atomic E-state index is 0.392. The largest absolute Gasteiger partial charge is 0.328 e. The molecule has 4 saturated carbocycles. The molecule has 4 bridgehead atoms. The van der Waals surface area contributed by atoms with Crippen LogP contribution < -0.4 is 5.73 Å². The van der Waals surface area contributed by atoms with Gasteiger partial charge >= 0.3 is 0 Å². The molecule has 1 heteroatoms. The van der Waals surface area contributed by atoms with Gasteiger partial charge in [-0.15, -0.1) is 0 Å². The van der Waals surface area contributed by atoms with Gasteiger partial charge in [-0.3, -0.25) is 0 Å². The highest BCUT2D eigenvalue weighted by atomic mass is 14.7. The van der Waals surface area contributed by atoms with Crippen LogP contribution in [0.3, 0.4) is 0 Å². The highest BCUT2D eigenvalue weighted by Crippen LogP contribution is 2.63. The van der Waals surface area contributed by atoms with Crippen LogP contribution in [0.15, 0.2) is 30.3 Å². The van der Waals surface area contributed by atoms with Crippen LogP contribution in [-0.2, 0) is 5.41 Å². The normalized spacial score (nSPS) is 45.4. The lowest BCUT2D eigenvalue weighted by molar-refractivity contribution is -0.0631. The molecular weight excluding hydrogens is 230 g/mol. The predicted molar refractivity (Wildman–Crippen MR) is 78.8 cm³/mol. The van der Waals surface area contributed by atoms with E-state index in [2.05, 4.69) is 37.3 Å². The smallest absolute Gasteiger partial charge is 0.00440 e. The number of rotatable bonds is 2. The SMILES string of the molecule is CC(N)C1C2CC3CC1CC(c1ccccc1)(C3)C2. The molecule has 3 atom stereocenters. The molecule has 2 N–H and O–H groups in total. The first kappa shape index (κ1) is 12.0. The second-order valence-corrected chi connectivity index (χ2v) is 7.55. The fourth-order valence-corrected chi connectivity index (χ4v) is 6.07. The van der Waals surface area contributed by atoms with Gasteiger partial charge in [0.25, 0.3) is 0 Å². The maximum absolute atomic E-state index is 6.30. The molecule has 0 aromatic heterocycles. The quantitative estimate of drug-likeness (QED) is 0.856. The summed E-state index contributed by atoms with van der Waals surface area (Å²) in [5.41, 5.74) is 8.41. The summed E-state index contributed by atoms with van der Waals surface area (Å²) in [4.78, 5) is 0. The summed E-state index contributed by atoms with van der Waals surface area (Å²) in [6, 6.07) is 11.7. The van der Waals surface area contributed by atoms with Crippen LogP contribution in [0.5, 0.6) is 0 Å². The Balaban J connectivity index is 1.71. The molecule has 5 rings (SSSR count). The zero-order chi connectivity index (χ0) is 13.0. The monoisotopic (exact) mass is 255 g/mol. The third-order valence-electron chi connectivity index (χ3n) is 6.34. The summed E-state index contributed by atoms with van der Waals surface area (Å²) < 4.78 is 0. The Morgan fingerprint density at radius 1 is 1.05 bits per heavy atom. The Labute approximate surface area is 116 Å². The van der Waals surface area contributed by atoms with Crippen molar-refractivity contribution in [3.8, 4) is 0 Å². The number of benzene rings is 1. The van der Waals surface area contributed by atoms with Crippen molar-refractivity contribution in [3.63, 3.8) is 0 Å². The molecule has 4 fully saturated rings. The van der Waals surface area contributed by atoms with Gasteiger partial charge in [0.05, 0.1) is 0 Å². The van der Waals surface area contributed by atoms with Crippen LogP contribution in [0.4, 0.5) is 0 Å². The molecule has 0 heterocycles. The number of hydrogen-bond acceptors (Lipinski definition) is 1. The molecule has 3 unspecified atom stereocenters. The Kier molecular flexibility index (Phi) is 2.57. The molecule has 1 nitrogen and oxygen atoms in total. The van der Waals surface area contributed by atoms with Crippen LogP contribution in [-0.4, -0.2) is 6.04 Å². The van der Waals surface area contributed by atoms with Gasteiger partial charge in [0.2, 0.25) is 0 Å². The first-order valence-corrected chi connectivity index (χ1v) is 7.99. The molecule has 4 aliphatic carbocycles. The van der Waals surface area contributed by atoms with E-state index in [1.165, 1.54) is 32.1 Å². The van der Waals surface area contributed by atoms with Gasteiger partial charge in [0.15, 0.2) is 0 Å². The fourth-order valence-electron chi connectivity index (χ4n) is 6.07. The molecule has 4 aliphatic rings. The molecule has 1 aromatic carbocycles. The van der Waals surface area contributed by atoms with E-state index in [4.69, 9.17) is 5.73 Å². The van der Waals surface area contributed by atoms with Crippen molar-refractivity contribution in [2.24, 2.45) is 29.4 Å². The van der Waals surface area contributed by atoms with Crippen LogP contribution in [0.1, 0.15) is 44.6 Å². The van der Waals surface area contributed by atoms with Crippen molar-refractivity contribution in [2.75, 3.05) is 0 Å². The summed E-state index contributed by atoms with van der Waals surface area (Å²) >= 11 is 0. The van der Waals surface area contributed by atoms with E-state index in [0.29, 0.717) is 11.5 Å². The Morgan fingerprint density at radius 3 is 2.26 bits per heavy atom. The second kappa shape index (κ2) is 4.09. The van der Waals surface area contributed by atoms with Crippen molar-refractivity contribution in [2.45, 2.75) is 50.5 Å². The Bertz CT molecular complexity index is 448. The third-order valence-corrected chi connectivity index (χ3v) is 6.34. The minimum Gasteiger partial charge on any atom is -0.328 e. The zero-order valence-corrected chi connectivity index (χ0v) is 11.9. The summed E-state index contributed by atoms with van der Waals surface area (Å²) in [6.07, 6.45) is 7.15. The van der Waals surface area contributed by atoms with E-state index >= 15 is 0 Å². The van der Waals surface area contributed by atoms with E-state index < -0.39 is 0 Å². The molecule has 1 aromatic rings. The van der Waals surface area contributed by atoms with Gasteiger partial charge in [0, 0.05) is 6.04 Å². The number of hydrogen-bond donors (Lipinski definition) is 1. The van der Waals surface area contributed by atoms with E-state index in [1.807, 2.05) is 0 Å². The van der Waals surface area contributed by atoms with E-state index in [1.54, 1.807) is 5.56 Å². The second-order valence-electron chi connectivity index (χ2n) is 7.55. The highest BCUT2D eigenvalue weighted by Gasteiger charge is 2.56. The van der Waals surface area contributed by atoms with Crippen LogP contribution in [0.25, 0.3) is 0 Å². The van der Waals surface area contributed by atoms with Crippen LogP contribution in [0.2, 0.25) is 0 Å². The summed E-state index contributed by atoms with van der Waals surface area (Å²) in [5.74, 6) is 3.57. The maximum Gasteiger partial charge on any atom is 0.00440 e. The van der Waals surface area contributed by atoms with Crippen molar-refractivity contribution in [1.29, 1.82) is 0 Å². The molecule has 0 saturated heterocycles. The summed E-state index contributed by atoms with van der Waals surface area (Å²) in [6.45, 7) is 2.24. The fraction of sp³-hybridized carbons (Fsp3) is 0.667. The van der Waals surface area contributed by atoms with E-state index in [9.17, 15) is 0 Å². The van der Waals surface area contributed by atoms with Crippen molar-refractivity contribution < 1.29 is 0 Å². The molecule has 0 aliphatic heterocycles. The van der Waals surface area contributed by atoms with Crippen molar-refractivity contribution >= 4 is 0 Å². The van der Waals surface area contributed by atoms with Crippen LogP contribution >= 0.6 is 0 Å². The molecule has 19 heavy (non-hydrogen) atoms. The lowest BCUT2D eigenvalue weighted by atomic mass is 9.44. The van der Waals surface area contributed by atoms with E-state index in [0.717, 1.165) is 23.7 Å². The predicted octanol–water partition coefficient (Wildman–Crippen LogP) is 3.73. The van der Waals surface area contributed by atoms with Crippen molar-refractivity contribution in [3.05, 3.63) is 35.9 Å². The average Bonchev–Trinajstić information content (AvgIpc) is 2.38. The zero-order valence-electron chi connectivity index (χ0n) is 11.9. The summed E-state index contributed by atoms with van der Waals surface area (Å²) in [7, 11) is 0. The van der Waals surface area contributed by atoms with Crippen LogP contribution in [0, 0.1) is 23.7 Å². The van der Waals surface area contributed by atoms with Gasteiger partial charge in [-0.05, 0) is 73.7 Å². The minimum atomic E-state index is 0.392. The highest BCUT2D eigenvalue weighted by molar-refractivity contribution is 5.29. The lowest BCUT2D eigenvalue weighted by Crippen LogP contribution is -2.56. The maximum atomic E-state index is 6.30. The first-order chi connectivity index (χ1) is 9.18. The molecule has 0 radical (unpaired) electrons. The van der Waals surface area contributed by atoms with Gasteiger partial charge in [-0.2, -0.15) is 0 Å². The van der Waals surface area contributed by atoms with Crippen molar-refractivity contribution in [1.82, 2.24) is 0 Å². The van der Waals surface area contributed by atoms with Gasteiger partial charge in [-0.1, -0.05) is 30.3 Å². The Hall–Kier alpha value is -0.820. The average molecular weight is 255 g/mol. The molecule has 0 amide bonds. The third kappa shape index (κ3) is 1.71. The molecule has 102 valence electrons. The topological polar surface area (TPSA) is 26.0 Å². The Morgan fingerprint density at radius 2 is 1.68 bits per heavy atom. The molecular formula is C18H25N. The van der Waals surface area contributed by atoms with Gasteiger partial charge in [-0.25, -0.2) is 0 Å². The standard InChI is InChI=1S/C18H25N/c1-12(19)17-14-7-13-8-15(17)11-18(9-13,10-14)16-5-3-2-4-6-16/h2-6,12-15,17H,7-11,19H2,1H3. The van der Waals surface area contributed by atoms with E-state index in [-0.39, 0.29) is 0 Å². The number of nitrogens with two attached hydrogens (primary N) is 1.